The number of benzene rings is 2. The molecule has 0 bridgehead atoms. The molecule has 0 spiro atoms. The van der Waals surface area contributed by atoms with E-state index in [0.717, 1.165) is 16.8 Å². The third-order valence-corrected chi connectivity index (χ3v) is 3.44. The molecule has 3 aromatic rings. The van der Waals surface area contributed by atoms with Gasteiger partial charge in [-0.05, 0) is 25.1 Å². The number of aryl methyl sites for hydroxylation is 1. The molecular formula is C17H16N4O. The number of hydrogen-bond donors (Lipinski definition) is 2. The molecule has 5 nitrogen and oxygen atoms in total. The third-order valence-electron chi connectivity index (χ3n) is 3.44. The Morgan fingerprint density at radius 3 is 2.50 bits per heavy atom. The smallest absolute Gasteiger partial charge is 0.252 e. The van der Waals surface area contributed by atoms with Gasteiger partial charge in [0.25, 0.3) is 5.91 Å². The van der Waals surface area contributed by atoms with Gasteiger partial charge in [-0.3, -0.25) is 4.79 Å². The number of carbonyl (C=O) groups excluding carboxylic acids is 1. The van der Waals surface area contributed by atoms with E-state index in [-0.39, 0.29) is 0 Å². The molecule has 22 heavy (non-hydrogen) atoms. The molecule has 0 saturated heterocycles. The summed E-state index contributed by atoms with van der Waals surface area (Å²) in [4.78, 5) is 11.7. The van der Waals surface area contributed by atoms with Crippen molar-refractivity contribution in [3.63, 3.8) is 0 Å². The van der Waals surface area contributed by atoms with Crippen LogP contribution in [-0.2, 0) is 0 Å². The van der Waals surface area contributed by atoms with Gasteiger partial charge in [-0.25, -0.2) is 4.68 Å². The summed E-state index contributed by atoms with van der Waals surface area (Å²) in [6.45, 7) is 2.00. The van der Waals surface area contributed by atoms with Crippen LogP contribution in [0.3, 0.4) is 0 Å². The van der Waals surface area contributed by atoms with Crippen LogP contribution in [0.4, 0.5) is 5.69 Å². The van der Waals surface area contributed by atoms with E-state index in [1.165, 1.54) is 0 Å². The first kappa shape index (κ1) is 13.9. The topological polar surface area (TPSA) is 86.9 Å². The maximum atomic E-state index is 11.7. The summed E-state index contributed by atoms with van der Waals surface area (Å²) in [5.74, 6) is -0.509. The van der Waals surface area contributed by atoms with E-state index in [0.29, 0.717) is 16.9 Å². The second-order valence-corrected chi connectivity index (χ2v) is 5.16. The Bertz CT molecular complexity index is 834. The first-order valence-corrected chi connectivity index (χ1v) is 6.87. The van der Waals surface area contributed by atoms with Crippen LogP contribution in [0.5, 0.6) is 0 Å². The Kier molecular flexibility index (Phi) is 3.39. The van der Waals surface area contributed by atoms with Gasteiger partial charge in [0, 0.05) is 17.4 Å². The Balaban J connectivity index is 2.14. The van der Waals surface area contributed by atoms with Crippen LogP contribution >= 0.6 is 0 Å². The molecule has 0 fully saturated rings. The Morgan fingerprint density at radius 1 is 1.14 bits per heavy atom. The lowest BCUT2D eigenvalue weighted by molar-refractivity contribution is 0.100. The van der Waals surface area contributed by atoms with Crippen molar-refractivity contribution in [1.82, 2.24) is 9.78 Å². The van der Waals surface area contributed by atoms with Gasteiger partial charge in [0.15, 0.2) is 0 Å². The Hall–Kier alpha value is -3.08. The SMILES string of the molecule is Cc1ccc(-c2nn(-c3cccc(N)c3)cc2C(N)=O)cc1. The Morgan fingerprint density at radius 2 is 1.86 bits per heavy atom. The zero-order chi connectivity index (χ0) is 15.7. The number of nitrogen functional groups attached to an aromatic ring is 1. The highest BCUT2D eigenvalue weighted by atomic mass is 16.1. The molecule has 0 aliphatic carbocycles. The van der Waals surface area contributed by atoms with E-state index in [2.05, 4.69) is 5.10 Å². The maximum absolute atomic E-state index is 11.7. The molecule has 0 unspecified atom stereocenters. The van der Waals surface area contributed by atoms with Crippen LogP contribution in [0.1, 0.15) is 15.9 Å². The van der Waals surface area contributed by atoms with E-state index in [1.54, 1.807) is 23.0 Å². The van der Waals surface area contributed by atoms with Crippen molar-refractivity contribution in [2.24, 2.45) is 5.73 Å². The predicted octanol–water partition coefficient (Wildman–Crippen LogP) is 2.53. The summed E-state index contributed by atoms with van der Waals surface area (Å²) in [5.41, 5.74) is 15.6. The fourth-order valence-electron chi connectivity index (χ4n) is 2.28. The molecule has 110 valence electrons. The molecule has 4 N–H and O–H groups in total. The molecule has 5 heteroatoms. The number of nitrogens with zero attached hydrogens (tertiary/aromatic N) is 2. The number of hydrogen-bond acceptors (Lipinski definition) is 3. The first-order valence-electron chi connectivity index (χ1n) is 6.87. The summed E-state index contributed by atoms with van der Waals surface area (Å²) < 4.78 is 1.62. The summed E-state index contributed by atoms with van der Waals surface area (Å²) in [6.07, 6.45) is 1.63. The van der Waals surface area contributed by atoms with Gasteiger partial charge in [-0.2, -0.15) is 5.10 Å². The number of nitrogens with two attached hydrogens (primary N) is 2. The molecular weight excluding hydrogens is 276 g/mol. The minimum absolute atomic E-state index is 0.381. The fourth-order valence-corrected chi connectivity index (χ4v) is 2.28. The average Bonchev–Trinajstić information content (AvgIpc) is 2.93. The molecule has 1 aromatic heterocycles. The largest absolute Gasteiger partial charge is 0.399 e. The molecule has 1 amide bonds. The first-order chi connectivity index (χ1) is 10.5. The lowest BCUT2D eigenvalue weighted by Crippen LogP contribution is -2.11. The predicted molar refractivity (Wildman–Crippen MR) is 86.7 cm³/mol. The number of amides is 1. The maximum Gasteiger partial charge on any atom is 0.252 e. The van der Waals surface area contributed by atoms with Gasteiger partial charge in [0.05, 0.1) is 11.3 Å². The second-order valence-electron chi connectivity index (χ2n) is 5.16. The quantitative estimate of drug-likeness (QED) is 0.727. The second kappa shape index (κ2) is 5.37. The molecule has 1 heterocycles. The standard InChI is InChI=1S/C17H16N4O/c1-11-5-7-12(8-6-11)16-15(17(19)22)10-21(20-16)14-4-2-3-13(18)9-14/h2-10H,18H2,1H3,(H2,19,22). The van der Waals surface area contributed by atoms with Gasteiger partial charge in [0.1, 0.15) is 5.69 Å². The highest BCUT2D eigenvalue weighted by Gasteiger charge is 2.16. The zero-order valence-electron chi connectivity index (χ0n) is 12.2. The van der Waals surface area contributed by atoms with Gasteiger partial charge in [-0.1, -0.05) is 35.9 Å². The third kappa shape index (κ3) is 2.56. The summed E-state index contributed by atoms with van der Waals surface area (Å²) in [7, 11) is 0. The molecule has 0 aliphatic heterocycles. The van der Waals surface area contributed by atoms with Crippen molar-refractivity contribution < 1.29 is 4.79 Å². The van der Waals surface area contributed by atoms with Crippen molar-refractivity contribution in [3.05, 3.63) is 65.9 Å². The highest BCUT2D eigenvalue weighted by Crippen LogP contribution is 2.24. The molecule has 3 rings (SSSR count). The monoisotopic (exact) mass is 292 g/mol. The normalized spacial score (nSPS) is 10.6. The number of aromatic nitrogens is 2. The average molecular weight is 292 g/mol. The van der Waals surface area contributed by atoms with Gasteiger partial charge in [0.2, 0.25) is 0 Å². The van der Waals surface area contributed by atoms with Crippen LogP contribution in [0, 0.1) is 6.92 Å². The van der Waals surface area contributed by atoms with Crippen LogP contribution in [0.15, 0.2) is 54.7 Å². The van der Waals surface area contributed by atoms with E-state index in [1.807, 2.05) is 43.3 Å². The van der Waals surface area contributed by atoms with Crippen LogP contribution < -0.4 is 11.5 Å². The molecule has 0 saturated carbocycles. The van der Waals surface area contributed by atoms with Crippen LogP contribution in [0.25, 0.3) is 16.9 Å². The van der Waals surface area contributed by atoms with Gasteiger partial charge >= 0.3 is 0 Å². The lowest BCUT2D eigenvalue weighted by Gasteiger charge is -2.02. The van der Waals surface area contributed by atoms with E-state index >= 15 is 0 Å². The van der Waals surface area contributed by atoms with Crippen molar-refractivity contribution in [2.45, 2.75) is 6.92 Å². The van der Waals surface area contributed by atoms with Crippen molar-refractivity contribution in [3.8, 4) is 16.9 Å². The minimum atomic E-state index is -0.509. The number of carbonyl (C=O) groups is 1. The molecule has 2 aromatic carbocycles. The van der Waals surface area contributed by atoms with Gasteiger partial charge in [-0.15, -0.1) is 0 Å². The van der Waals surface area contributed by atoms with Crippen LogP contribution in [0.2, 0.25) is 0 Å². The number of rotatable bonds is 3. The van der Waals surface area contributed by atoms with Crippen LogP contribution in [-0.4, -0.2) is 15.7 Å². The molecule has 0 radical (unpaired) electrons. The van der Waals surface area contributed by atoms with Crippen molar-refractivity contribution in [1.29, 1.82) is 0 Å². The van der Waals surface area contributed by atoms with E-state index in [9.17, 15) is 4.79 Å². The summed E-state index contributed by atoms with van der Waals surface area (Å²) >= 11 is 0. The fraction of sp³-hybridized carbons (Fsp3) is 0.0588. The van der Waals surface area contributed by atoms with E-state index in [4.69, 9.17) is 11.5 Å². The lowest BCUT2D eigenvalue weighted by atomic mass is 10.1. The summed E-state index contributed by atoms with van der Waals surface area (Å²) in [6, 6.07) is 15.1. The molecule has 0 atom stereocenters. The zero-order valence-corrected chi connectivity index (χ0v) is 12.2. The van der Waals surface area contributed by atoms with Gasteiger partial charge < -0.3 is 11.5 Å². The number of anilines is 1. The highest BCUT2D eigenvalue weighted by molar-refractivity contribution is 5.98. The summed E-state index contributed by atoms with van der Waals surface area (Å²) in [5, 5.41) is 4.50. The van der Waals surface area contributed by atoms with Crippen molar-refractivity contribution >= 4 is 11.6 Å². The minimum Gasteiger partial charge on any atom is -0.399 e. The Labute approximate surface area is 128 Å². The van der Waals surface area contributed by atoms with E-state index < -0.39 is 5.91 Å². The number of primary amides is 1. The molecule has 0 aliphatic rings. The van der Waals surface area contributed by atoms with Crippen molar-refractivity contribution in [2.75, 3.05) is 5.73 Å².